The zero-order chi connectivity index (χ0) is 14.8. The molecule has 1 aromatic carbocycles. The van der Waals surface area contributed by atoms with Gasteiger partial charge in [0.2, 0.25) is 0 Å². The lowest BCUT2D eigenvalue weighted by Gasteiger charge is -2.17. The molecule has 1 atom stereocenters. The Morgan fingerprint density at radius 3 is 2.45 bits per heavy atom. The molecule has 0 bridgehead atoms. The zero-order valence-corrected chi connectivity index (χ0v) is 12.6. The lowest BCUT2D eigenvalue weighted by atomic mass is 10.1. The molecule has 0 heterocycles. The highest BCUT2D eigenvalue weighted by Crippen LogP contribution is 2.11. The van der Waals surface area contributed by atoms with Crippen molar-refractivity contribution in [1.29, 1.82) is 0 Å². The maximum atomic E-state index is 11.7. The predicted octanol–water partition coefficient (Wildman–Crippen LogP) is 2.65. The summed E-state index contributed by atoms with van der Waals surface area (Å²) in [6.45, 7) is 8.13. The van der Waals surface area contributed by atoms with Gasteiger partial charge in [-0.05, 0) is 31.4 Å². The van der Waals surface area contributed by atoms with Crippen molar-refractivity contribution in [2.24, 2.45) is 0 Å². The summed E-state index contributed by atoms with van der Waals surface area (Å²) in [5.74, 6) is -0.183. The number of nitrogens with one attached hydrogen (secondary N) is 1. The highest BCUT2D eigenvalue weighted by Gasteiger charge is 2.17. The highest BCUT2D eigenvalue weighted by atomic mass is 16.5. The van der Waals surface area contributed by atoms with Crippen LogP contribution in [0.1, 0.15) is 38.3 Å². The molecule has 1 aromatic rings. The molecule has 0 aliphatic carbocycles. The smallest absolute Gasteiger partial charge is 0.323 e. The number of benzene rings is 1. The summed E-state index contributed by atoms with van der Waals surface area (Å²) in [6.07, 6.45) is 0.715. The average Bonchev–Trinajstić information content (AvgIpc) is 2.47. The van der Waals surface area contributed by atoms with Crippen LogP contribution in [-0.2, 0) is 27.4 Å². The molecule has 4 heteroatoms. The number of esters is 1. The van der Waals surface area contributed by atoms with E-state index in [0.29, 0.717) is 32.8 Å². The summed E-state index contributed by atoms with van der Waals surface area (Å²) in [6, 6.07) is 7.85. The van der Waals surface area contributed by atoms with Gasteiger partial charge < -0.3 is 14.8 Å². The molecule has 0 aliphatic rings. The van der Waals surface area contributed by atoms with Crippen LogP contribution < -0.4 is 5.32 Å². The molecule has 0 radical (unpaired) electrons. The van der Waals surface area contributed by atoms with Crippen LogP contribution in [0.3, 0.4) is 0 Å². The average molecular weight is 279 g/mol. The molecule has 1 rings (SSSR count). The van der Waals surface area contributed by atoms with Gasteiger partial charge in [-0.3, -0.25) is 4.79 Å². The van der Waals surface area contributed by atoms with Gasteiger partial charge in [-0.25, -0.2) is 0 Å². The normalized spacial score (nSPS) is 12.2. The van der Waals surface area contributed by atoms with E-state index in [4.69, 9.17) is 9.47 Å². The lowest BCUT2D eigenvalue weighted by molar-refractivity contribution is -0.145. The van der Waals surface area contributed by atoms with Gasteiger partial charge in [0, 0.05) is 13.2 Å². The van der Waals surface area contributed by atoms with Crippen molar-refractivity contribution in [2.75, 3.05) is 13.2 Å². The maximum Gasteiger partial charge on any atom is 0.323 e. The second-order valence-electron chi connectivity index (χ2n) is 4.50. The van der Waals surface area contributed by atoms with Gasteiger partial charge in [0.05, 0.1) is 13.2 Å². The van der Waals surface area contributed by atoms with Gasteiger partial charge in [-0.2, -0.15) is 0 Å². The Kier molecular flexibility index (Phi) is 7.92. The molecule has 0 amide bonds. The molecular formula is C16H25NO3. The van der Waals surface area contributed by atoms with Gasteiger partial charge >= 0.3 is 5.97 Å². The third kappa shape index (κ3) is 5.31. The third-order valence-electron chi connectivity index (χ3n) is 3.10. The Morgan fingerprint density at radius 2 is 1.85 bits per heavy atom. The van der Waals surface area contributed by atoms with Crippen LogP contribution in [0.5, 0.6) is 0 Å². The van der Waals surface area contributed by atoms with Crippen molar-refractivity contribution in [3.8, 4) is 0 Å². The fraction of sp³-hybridized carbons (Fsp3) is 0.562. The van der Waals surface area contributed by atoms with Gasteiger partial charge in [0.25, 0.3) is 0 Å². The first-order valence-electron chi connectivity index (χ1n) is 7.27. The minimum Gasteiger partial charge on any atom is -0.465 e. The molecular weight excluding hydrogens is 254 g/mol. The Balaban J connectivity index is 2.61. The maximum absolute atomic E-state index is 11.7. The van der Waals surface area contributed by atoms with E-state index in [2.05, 4.69) is 17.4 Å². The van der Waals surface area contributed by atoms with Crippen molar-refractivity contribution in [3.05, 3.63) is 35.4 Å². The van der Waals surface area contributed by atoms with Crippen molar-refractivity contribution >= 4 is 5.97 Å². The Hall–Kier alpha value is -1.39. The minimum absolute atomic E-state index is 0.183. The Morgan fingerprint density at radius 1 is 1.15 bits per heavy atom. The quantitative estimate of drug-likeness (QED) is 0.706. The van der Waals surface area contributed by atoms with Crippen molar-refractivity contribution in [1.82, 2.24) is 5.32 Å². The molecule has 1 N–H and O–H groups in total. The molecule has 0 saturated heterocycles. The molecule has 0 fully saturated rings. The number of carbonyl (C=O) groups excluding carboxylic acids is 1. The number of hydrogen-bond donors (Lipinski definition) is 1. The van der Waals surface area contributed by atoms with E-state index in [1.165, 1.54) is 0 Å². The SMILES string of the molecule is CCOCc1ccccc1CNC(CC)C(=O)OCC. The standard InChI is InChI=1S/C16H25NO3/c1-4-15(16(18)20-6-3)17-11-13-9-7-8-10-14(13)12-19-5-2/h7-10,15,17H,4-6,11-12H2,1-3H3. The molecule has 1 unspecified atom stereocenters. The van der Waals surface area contributed by atoms with E-state index >= 15 is 0 Å². The van der Waals surface area contributed by atoms with Gasteiger partial charge in [-0.1, -0.05) is 31.2 Å². The topological polar surface area (TPSA) is 47.6 Å². The second-order valence-corrected chi connectivity index (χ2v) is 4.50. The molecule has 0 aromatic heterocycles. The Labute approximate surface area is 121 Å². The molecule has 20 heavy (non-hydrogen) atoms. The minimum atomic E-state index is -0.255. The van der Waals surface area contributed by atoms with Crippen LogP contribution in [0.4, 0.5) is 0 Å². The van der Waals surface area contributed by atoms with E-state index in [0.717, 1.165) is 11.1 Å². The van der Waals surface area contributed by atoms with Crippen molar-refractivity contribution < 1.29 is 14.3 Å². The number of carbonyl (C=O) groups is 1. The van der Waals surface area contributed by atoms with Crippen molar-refractivity contribution in [2.45, 2.75) is 46.4 Å². The van der Waals surface area contributed by atoms with Gasteiger partial charge in [-0.15, -0.1) is 0 Å². The van der Waals surface area contributed by atoms with Gasteiger partial charge in [0.15, 0.2) is 0 Å². The largest absolute Gasteiger partial charge is 0.465 e. The zero-order valence-electron chi connectivity index (χ0n) is 12.6. The molecule has 0 spiro atoms. The number of ether oxygens (including phenoxy) is 2. The molecule has 112 valence electrons. The second kappa shape index (κ2) is 9.50. The lowest BCUT2D eigenvalue weighted by Crippen LogP contribution is -2.37. The van der Waals surface area contributed by atoms with E-state index in [1.807, 2.05) is 32.9 Å². The summed E-state index contributed by atoms with van der Waals surface area (Å²) < 4.78 is 10.5. The van der Waals surface area contributed by atoms with Crippen LogP contribution in [-0.4, -0.2) is 25.2 Å². The monoisotopic (exact) mass is 279 g/mol. The highest BCUT2D eigenvalue weighted by molar-refractivity contribution is 5.75. The van der Waals surface area contributed by atoms with Crippen LogP contribution in [0.25, 0.3) is 0 Å². The predicted molar refractivity (Wildman–Crippen MR) is 79.3 cm³/mol. The van der Waals surface area contributed by atoms with Crippen LogP contribution in [0.15, 0.2) is 24.3 Å². The summed E-state index contributed by atoms with van der Waals surface area (Å²) >= 11 is 0. The summed E-state index contributed by atoms with van der Waals surface area (Å²) in [4.78, 5) is 11.7. The first-order chi connectivity index (χ1) is 9.72. The van der Waals surface area contributed by atoms with Gasteiger partial charge in [0.1, 0.15) is 6.04 Å². The van der Waals surface area contributed by atoms with E-state index < -0.39 is 0 Å². The Bertz CT molecular complexity index is 406. The van der Waals surface area contributed by atoms with E-state index in [9.17, 15) is 4.79 Å². The van der Waals surface area contributed by atoms with Crippen LogP contribution in [0.2, 0.25) is 0 Å². The summed E-state index contributed by atoms with van der Waals surface area (Å²) in [7, 11) is 0. The van der Waals surface area contributed by atoms with Crippen LogP contribution in [0, 0.1) is 0 Å². The fourth-order valence-electron chi connectivity index (χ4n) is 1.95. The molecule has 4 nitrogen and oxygen atoms in total. The number of hydrogen-bond acceptors (Lipinski definition) is 4. The van der Waals surface area contributed by atoms with E-state index in [1.54, 1.807) is 0 Å². The van der Waals surface area contributed by atoms with Crippen molar-refractivity contribution in [3.63, 3.8) is 0 Å². The molecule has 0 saturated carbocycles. The fourth-order valence-corrected chi connectivity index (χ4v) is 1.95. The molecule has 0 aliphatic heterocycles. The first-order valence-corrected chi connectivity index (χ1v) is 7.27. The number of rotatable bonds is 9. The summed E-state index contributed by atoms with van der Waals surface area (Å²) in [5, 5.41) is 3.26. The first kappa shape index (κ1) is 16.7. The summed E-state index contributed by atoms with van der Waals surface area (Å²) in [5.41, 5.74) is 2.31. The van der Waals surface area contributed by atoms with E-state index in [-0.39, 0.29) is 12.0 Å². The third-order valence-corrected chi connectivity index (χ3v) is 3.10. The van der Waals surface area contributed by atoms with Crippen LogP contribution >= 0.6 is 0 Å².